The molecule has 10 nitrogen and oxygen atoms in total. The van der Waals surface area contributed by atoms with Crippen molar-refractivity contribution in [1.29, 1.82) is 0 Å². The van der Waals surface area contributed by atoms with Crippen molar-refractivity contribution >= 4 is 46.6 Å². The normalized spacial score (nSPS) is 18.2. The van der Waals surface area contributed by atoms with Gasteiger partial charge in [0.15, 0.2) is 11.6 Å². The van der Waals surface area contributed by atoms with E-state index in [0.717, 1.165) is 11.3 Å². The summed E-state index contributed by atoms with van der Waals surface area (Å²) in [5.74, 6) is -1.83. The lowest BCUT2D eigenvalue weighted by atomic mass is 9.96. The van der Waals surface area contributed by atoms with Crippen molar-refractivity contribution in [2.24, 2.45) is 0 Å². The lowest BCUT2D eigenvalue weighted by molar-refractivity contribution is -0.149. The highest BCUT2D eigenvalue weighted by atomic mass is 35.5. The van der Waals surface area contributed by atoms with Crippen LogP contribution in [0.3, 0.4) is 0 Å². The number of ether oxygens (including phenoxy) is 1. The third-order valence-electron chi connectivity index (χ3n) is 7.84. The lowest BCUT2D eigenvalue weighted by Gasteiger charge is -2.35. The van der Waals surface area contributed by atoms with Crippen molar-refractivity contribution < 1.29 is 28.6 Å². The molecule has 1 saturated heterocycles. The summed E-state index contributed by atoms with van der Waals surface area (Å²) in [5.41, 5.74) is 2.26. The fourth-order valence-electron chi connectivity index (χ4n) is 5.40. The topological polar surface area (TPSA) is 123 Å². The molecule has 3 amide bonds. The van der Waals surface area contributed by atoms with Gasteiger partial charge in [0.05, 0.1) is 22.8 Å². The van der Waals surface area contributed by atoms with Crippen LogP contribution in [0, 0.1) is 5.82 Å². The van der Waals surface area contributed by atoms with Crippen molar-refractivity contribution in [2.75, 3.05) is 33.1 Å². The van der Waals surface area contributed by atoms with Gasteiger partial charge in [-0.15, -0.1) is 0 Å². The van der Waals surface area contributed by atoms with Crippen LogP contribution in [0.5, 0.6) is 5.75 Å². The first-order valence-corrected chi connectivity index (χ1v) is 14.9. The average Bonchev–Trinajstić information content (AvgIpc) is 3.44. The molecule has 2 aliphatic rings. The Bertz CT molecular complexity index is 1700. The van der Waals surface area contributed by atoms with Crippen LogP contribution in [0.1, 0.15) is 18.4 Å². The molecule has 2 heterocycles. The molecule has 0 aromatic heterocycles. The van der Waals surface area contributed by atoms with E-state index in [1.807, 2.05) is 0 Å². The fourth-order valence-corrected chi connectivity index (χ4v) is 6.00. The van der Waals surface area contributed by atoms with E-state index < -0.39 is 24.0 Å². The van der Waals surface area contributed by atoms with E-state index in [4.69, 9.17) is 27.9 Å². The van der Waals surface area contributed by atoms with Crippen molar-refractivity contribution in [3.05, 3.63) is 81.7 Å². The second kappa shape index (κ2) is 13.5. The zero-order valence-electron chi connectivity index (χ0n) is 24.8. The van der Waals surface area contributed by atoms with Gasteiger partial charge in [0, 0.05) is 73.7 Å². The summed E-state index contributed by atoms with van der Waals surface area (Å²) in [4.78, 5) is 39.5. The molecule has 236 valence electrons. The van der Waals surface area contributed by atoms with E-state index >= 15 is 4.39 Å². The SMILES string of the molecule is COc1c(CNC[C@@H]2CCC(=O)N2)ccc(-c2cccc(-c3cccc(NC(=O)C4=CN(C)C(O)N(C)C4=O)c3Cl)c2Cl)c1F. The van der Waals surface area contributed by atoms with E-state index in [2.05, 4.69) is 16.0 Å². The Morgan fingerprint density at radius 1 is 1.04 bits per heavy atom. The number of likely N-dealkylation sites (N-methyl/N-ethyl adjacent to an activating group) is 1. The number of benzene rings is 3. The minimum Gasteiger partial charge on any atom is -0.493 e. The predicted octanol–water partition coefficient (Wildman–Crippen LogP) is 4.35. The standard InChI is InChI=1S/C32H32Cl2FN5O5/c1-39-16-23(31(43)40(2)32(39)44)30(42)38-24-9-5-8-20(27(24)34)19-6-4-7-21(26(19)33)22-12-10-17(29(45-3)28(22)35)14-36-15-18-11-13-25(41)37-18/h4-10,12,16,18,32,36,44H,11,13-15H2,1-3H3,(H,37,41)(H,38,42)/t18-,32?/m0/s1. The minimum atomic E-state index is -1.19. The van der Waals surface area contributed by atoms with Gasteiger partial charge in [-0.25, -0.2) is 4.39 Å². The van der Waals surface area contributed by atoms with Gasteiger partial charge in [-0.3, -0.25) is 19.3 Å². The van der Waals surface area contributed by atoms with Crippen LogP contribution in [0.4, 0.5) is 10.1 Å². The number of carbonyl (C=O) groups excluding carboxylic acids is 3. The summed E-state index contributed by atoms with van der Waals surface area (Å²) in [6, 6.07) is 13.5. The maximum Gasteiger partial charge on any atom is 0.264 e. The quantitative estimate of drug-likeness (QED) is 0.253. The fraction of sp³-hybridized carbons (Fsp3) is 0.281. The van der Waals surface area contributed by atoms with Gasteiger partial charge in [-0.05, 0) is 12.5 Å². The van der Waals surface area contributed by atoms with Gasteiger partial charge < -0.3 is 30.7 Å². The minimum absolute atomic E-state index is 0.0304. The molecule has 2 atom stereocenters. The average molecular weight is 657 g/mol. The molecule has 0 saturated carbocycles. The highest BCUT2D eigenvalue weighted by Crippen LogP contribution is 2.43. The van der Waals surface area contributed by atoms with E-state index in [9.17, 15) is 19.5 Å². The third kappa shape index (κ3) is 6.48. The Morgan fingerprint density at radius 3 is 2.38 bits per heavy atom. The number of anilines is 1. The molecule has 45 heavy (non-hydrogen) atoms. The molecular weight excluding hydrogens is 624 g/mol. The van der Waals surface area contributed by atoms with Crippen LogP contribution in [0.15, 0.2) is 60.3 Å². The number of halogens is 3. The van der Waals surface area contributed by atoms with E-state index in [0.29, 0.717) is 41.8 Å². The number of methoxy groups -OCH3 is 1. The second-order valence-corrected chi connectivity index (χ2v) is 11.6. The van der Waals surface area contributed by atoms with Crippen LogP contribution < -0.4 is 20.7 Å². The van der Waals surface area contributed by atoms with Crippen LogP contribution in [-0.2, 0) is 20.9 Å². The number of aliphatic hydroxyl groups excluding tert-OH is 1. The summed E-state index contributed by atoms with van der Waals surface area (Å²) >= 11 is 13.6. The zero-order chi connectivity index (χ0) is 32.4. The van der Waals surface area contributed by atoms with Crippen molar-refractivity contribution in [1.82, 2.24) is 20.4 Å². The van der Waals surface area contributed by atoms with Crippen LogP contribution in [0.2, 0.25) is 10.0 Å². The summed E-state index contributed by atoms with van der Waals surface area (Å²) < 4.78 is 21.3. The van der Waals surface area contributed by atoms with E-state index in [1.165, 1.54) is 32.3 Å². The molecule has 0 radical (unpaired) electrons. The first-order chi connectivity index (χ1) is 21.5. The first kappa shape index (κ1) is 32.2. The smallest absolute Gasteiger partial charge is 0.264 e. The van der Waals surface area contributed by atoms with Gasteiger partial charge in [-0.2, -0.15) is 0 Å². The Labute approximate surface area is 269 Å². The summed E-state index contributed by atoms with van der Waals surface area (Å²) in [7, 11) is 4.31. The molecule has 2 aliphatic heterocycles. The van der Waals surface area contributed by atoms with Gasteiger partial charge in [0.2, 0.25) is 12.3 Å². The van der Waals surface area contributed by atoms with E-state index in [1.54, 1.807) is 48.5 Å². The van der Waals surface area contributed by atoms with Crippen molar-refractivity contribution in [3.63, 3.8) is 0 Å². The Morgan fingerprint density at radius 2 is 1.71 bits per heavy atom. The summed E-state index contributed by atoms with van der Waals surface area (Å²) in [6.45, 7) is 0.891. The molecule has 13 heteroatoms. The molecule has 0 spiro atoms. The van der Waals surface area contributed by atoms with Gasteiger partial charge in [0.1, 0.15) is 5.57 Å². The lowest BCUT2D eigenvalue weighted by Crippen LogP contribution is -2.51. The van der Waals surface area contributed by atoms with Crippen molar-refractivity contribution in [3.8, 4) is 28.0 Å². The summed E-state index contributed by atoms with van der Waals surface area (Å²) in [5, 5.41) is 19.3. The zero-order valence-corrected chi connectivity index (χ0v) is 26.3. The monoisotopic (exact) mass is 655 g/mol. The molecule has 3 aromatic carbocycles. The number of hydrogen-bond donors (Lipinski definition) is 4. The maximum absolute atomic E-state index is 15.9. The Hall–Kier alpha value is -4.16. The molecule has 4 N–H and O–H groups in total. The van der Waals surface area contributed by atoms with Crippen LogP contribution >= 0.6 is 23.2 Å². The molecule has 0 bridgehead atoms. The number of rotatable bonds is 9. The molecule has 0 aliphatic carbocycles. The molecule has 1 fully saturated rings. The Kier molecular flexibility index (Phi) is 9.64. The van der Waals surface area contributed by atoms with Crippen molar-refractivity contribution in [2.45, 2.75) is 31.8 Å². The number of carbonyl (C=O) groups is 3. The van der Waals surface area contributed by atoms with Crippen LogP contribution in [0.25, 0.3) is 22.3 Å². The summed E-state index contributed by atoms with van der Waals surface area (Å²) in [6.07, 6.45) is 1.33. The number of hydrogen-bond acceptors (Lipinski definition) is 7. The van der Waals surface area contributed by atoms with Gasteiger partial charge in [-0.1, -0.05) is 65.7 Å². The highest BCUT2D eigenvalue weighted by molar-refractivity contribution is 6.40. The largest absolute Gasteiger partial charge is 0.493 e. The van der Waals surface area contributed by atoms with E-state index in [-0.39, 0.29) is 44.6 Å². The van der Waals surface area contributed by atoms with Gasteiger partial charge >= 0.3 is 0 Å². The number of aliphatic hydroxyl groups is 1. The van der Waals surface area contributed by atoms with Gasteiger partial charge in [0.25, 0.3) is 11.8 Å². The molecular formula is C32H32Cl2FN5O5. The highest BCUT2D eigenvalue weighted by Gasteiger charge is 2.33. The number of nitrogens with one attached hydrogen (secondary N) is 3. The molecule has 3 aromatic rings. The molecule has 5 rings (SSSR count). The molecule has 1 unspecified atom stereocenters. The number of amides is 3. The first-order valence-electron chi connectivity index (χ1n) is 14.1. The van der Waals surface area contributed by atoms with Crippen LogP contribution in [-0.4, -0.2) is 72.8 Å². The third-order valence-corrected chi connectivity index (χ3v) is 8.65. The maximum atomic E-state index is 15.9. The Balaban J connectivity index is 1.40. The number of nitrogens with zero attached hydrogens (tertiary/aromatic N) is 2. The predicted molar refractivity (Wildman–Crippen MR) is 170 cm³/mol. The second-order valence-electron chi connectivity index (χ2n) is 10.8.